The van der Waals surface area contributed by atoms with E-state index in [0.717, 1.165) is 33.4 Å². The normalized spacial score (nSPS) is 11.5. The predicted octanol–water partition coefficient (Wildman–Crippen LogP) is 4.68. The van der Waals surface area contributed by atoms with Crippen molar-refractivity contribution >= 4 is 17.7 Å². The van der Waals surface area contributed by atoms with Crippen molar-refractivity contribution in [3.05, 3.63) is 100 Å². The van der Waals surface area contributed by atoms with E-state index in [2.05, 4.69) is 10.6 Å². The van der Waals surface area contributed by atoms with E-state index in [9.17, 15) is 9.59 Å². The smallest absolute Gasteiger partial charge is 0.408 e. The van der Waals surface area contributed by atoms with Crippen LogP contribution in [0.3, 0.4) is 0 Å². The summed E-state index contributed by atoms with van der Waals surface area (Å²) in [5, 5.41) is 5.65. The highest BCUT2D eigenvalue weighted by atomic mass is 16.5. The van der Waals surface area contributed by atoms with Gasteiger partial charge in [-0.1, -0.05) is 60.2 Å². The molecule has 32 heavy (non-hydrogen) atoms. The van der Waals surface area contributed by atoms with Crippen LogP contribution in [-0.4, -0.2) is 12.0 Å². The van der Waals surface area contributed by atoms with Crippen LogP contribution in [0.5, 0.6) is 0 Å². The van der Waals surface area contributed by atoms with Gasteiger partial charge in [0, 0.05) is 12.2 Å². The van der Waals surface area contributed by atoms with Gasteiger partial charge in [-0.15, -0.1) is 0 Å². The zero-order chi connectivity index (χ0) is 23.1. The summed E-state index contributed by atoms with van der Waals surface area (Å²) in [7, 11) is 0. The number of carbonyl (C=O) groups is 2. The van der Waals surface area contributed by atoms with Gasteiger partial charge in [0.2, 0.25) is 0 Å². The number of ether oxygens (including phenoxy) is 1. The predicted molar refractivity (Wildman–Crippen MR) is 126 cm³/mol. The number of nitrogens with one attached hydrogen (secondary N) is 2. The zero-order valence-corrected chi connectivity index (χ0v) is 18.6. The van der Waals surface area contributed by atoms with Crippen molar-refractivity contribution in [2.45, 2.75) is 40.0 Å². The largest absolute Gasteiger partial charge is 0.445 e. The first-order valence-corrected chi connectivity index (χ1v) is 10.5. The summed E-state index contributed by atoms with van der Waals surface area (Å²) in [4.78, 5) is 25.9. The summed E-state index contributed by atoms with van der Waals surface area (Å²) in [6, 6.07) is 19.8. The number of anilines is 1. The van der Waals surface area contributed by atoms with E-state index in [1.807, 2.05) is 81.4 Å². The highest BCUT2D eigenvalue weighted by Crippen LogP contribution is 2.25. The Morgan fingerprint density at radius 1 is 0.906 bits per heavy atom. The number of hydrogen-bond donors (Lipinski definition) is 3. The average molecular weight is 432 g/mol. The van der Waals surface area contributed by atoms with Gasteiger partial charge in [0.1, 0.15) is 12.6 Å². The summed E-state index contributed by atoms with van der Waals surface area (Å²) in [5.41, 5.74) is 11.8. The van der Waals surface area contributed by atoms with Gasteiger partial charge in [0.05, 0.1) is 0 Å². The number of nitrogens with two attached hydrogens (primary N) is 1. The van der Waals surface area contributed by atoms with E-state index in [-0.39, 0.29) is 12.5 Å². The summed E-state index contributed by atoms with van der Waals surface area (Å²) in [6.45, 7) is 6.35. The molecule has 0 heterocycles. The zero-order valence-electron chi connectivity index (χ0n) is 18.6. The molecule has 1 atom stereocenters. The molecular formula is C26H29N3O3. The molecule has 6 heteroatoms. The van der Waals surface area contributed by atoms with Gasteiger partial charge in [-0.3, -0.25) is 4.79 Å². The Hall–Kier alpha value is -3.64. The van der Waals surface area contributed by atoms with Crippen LogP contribution in [0.25, 0.3) is 0 Å². The van der Waals surface area contributed by atoms with Crippen LogP contribution in [0.1, 0.15) is 39.4 Å². The maximum Gasteiger partial charge on any atom is 0.408 e. The quantitative estimate of drug-likeness (QED) is 0.506. The lowest BCUT2D eigenvalue weighted by molar-refractivity contribution is -0.118. The molecule has 0 aliphatic heterocycles. The van der Waals surface area contributed by atoms with Crippen LogP contribution in [0.15, 0.2) is 66.7 Å². The lowest BCUT2D eigenvalue weighted by atomic mass is 9.93. The minimum absolute atomic E-state index is 0.116. The van der Waals surface area contributed by atoms with Crippen molar-refractivity contribution in [2.75, 3.05) is 5.32 Å². The number of alkyl carbamates (subject to hydrolysis) is 1. The van der Waals surface area contributed by atoms with Gasteiger partial charge in [0.15, 0.2) is 0 Å². The van der Waals surface area contributed by atoms with Gasteiger partial charge in [0.25, 0.3) is 5.91 Å². The molecule has 4 N–H and O–H groups in total. The Balaban J connectivity index is 1.84. The Morgan fingerprint density at radius 2 is 1.56 bits per heavy atom. The molecule has 0 saturated carbocycles. The lowest BCUT2D eigenvalue weighted by Gasteiger charge is -2.23. The molecule has 3 aromatic carbocycles. The molecule has 0 aromatic heterocycles. The molecule has 3 rings (SSSR count). The van der Waals surface area contributed by atoms with Gasteiger partial charge >= 0.3 is 6.09 Å². The molecule has 2 amide bonds. The van der Waals surface area contributed by atoms with Crippen LogP contribution < -0.4 is 16.4 Å². The standard InChI is InChI=1S/C26H29N3O3/c1-17-12-18(2)23(19(3)13-17)24(25(30)28-22-11-7-10-21(14-22)15-27)29-26(31)32-16-20-8-5-4-6-9-20/h4-14,24H,15-16,27H2,1-3H3,(H,28,30)(H,29,31)/t24-/m1/s1. The highest BCUT2D eigenvalue weighted by molar-refractivity contribution is 5.97. The third-order valence-electron chi connectivity index (χ3n) is 5.19. The fourth-order valence-electron chi connectivity index (χ4n) is 3.79. The first-order chi connectivity index (χ1) is 15.4. The summed E-state index contributed by atoms with van der Waals surface area (Å²) in [5.74, 6) is -0.356. The van der Waals surface area contributed by atoms with Crippen LogP contribution in [0.4, 0.5) is 10.5 Å². The third-order valence-corrected chi connectivity index (χ3v) is 5.19. The molecule has 0 saturated heterocycles. The Morgan fingerprint density at radius 3 is 2.22 bits per heavy atom. The molecule has 0 fully saturated rings. The van der Waals surface area contributed by atoms with E-state index in [1.165, 1.54) is 0 Å². The number of carbonyl (C=O) groups excluding carboxylic acids is 2. The Labute approximate surface area is 188 Å². The molecule has 3 aromatic rings. The SMILES string of the molecule is Cc1cc(C)c([C@@H](NC(=O)OCc2ccccc2)C(=O)Nc2cccc(CN)c2)c(C)c1. The first-order valence-electron chi connectivity index (χ1n) is 10.5. The topological polar surface area (TPSA) is 93.4 Å². The van der Waals surface area contributed by atoms with E-state index in [1.54, 1.807) is 6.07 Å². The van der Waals surface area contributed by atoms with Crippen molar-refractivity contribution in [3.8, 4) is 0 Å². The lowest BCUT2D eigenvalue weighted by Crippen LogP contribution is -2.38. The number of benzene rings is 3. The van der Waals surface area contributed by atoms with Crippen molar-refractivity contribution in [2.24, 2.45) is 5.73 Å². The van der Waals surface area contributed by atoms with Crippen molar-refractivity contribution in [1.82, 2.24) is 5.32 Å². The van der Waals surface area contributed by atoms with E-state index in [0.29, 0.717) is 12.2 Å². The fourth-order valence-corrected chi connectivity index (χ4v) is 3.79. The van der Waals surface area contributed by atoms with Crippen molar-refractivity contribution in [3.63, 3.8) is 0 Å². The summed E-state index contributed by atoms with van der Waals surface area (Å²) in [6.07, 6.45) is -0.663. The number of hydrogen-bond acceptors (Lipinski definition) is 4. The van der Waals surface area contributed by atoms with E-state index < -0.39 is 12.1 Å². The minimum Gasteiger partial charge on any atom is -0.445 e. The van der Waals surface area contributed by atoms with Gasteiger partial charge < -0.3 is 21.1 Å². The van der Waals surface area contributed by atoms with E-state index >= 15 is 0 Å². The van der Waals surface area contributed by atoms with Crippen LogP contribution in [0.2, 0.25) is 0 Å². The molecular weight excluding hydrogens is 402 g/mol. The van der Waals surface area contributed by atoms with Gasteiger partial charge in [-0.2, -0.15) is 0 Å². The minimum atomic E-state index is -0.916. The maximum atomic E-state index is 13.3. The monoisotopic (exact) mass is 431 g/mol. The second kappa shape index (κ2) is 10.6. The molecule has 0 aliphatic carbocycles. The van der Waals surface area contributed by atoms with E-state index in [4.69, 9.17) is 10.5 Å². The summed E-state index contributed by atoms with van der Waals surface area (Å²) < 4.78 is 5.37. The highest BCUT2D eigenvalue weighted by Gasteiger charge is 2.27. The van der Waals surface area contributed by atoms with Gasteiger partial charge in [-0.05, 0) is 60.7 Å². The molecule has 166 valence electrons. The third kappa shape index (κ3) is 5.95. The molecule has 6 nitrogen and oxygen atoms in total. The number of amides is 2. The first kappa shape index (κ1) is 23.0. The second-order valence-corrected chi connectivity index (χ2v) is 7.85. The van der Waals surface area contributed by atoms with Crippen LogP contribution in [0, 0.1) is 20.8 Å². The van der Waals surface area contributed by atoms with Crippen molar-refractivity contribution in [1.29, 1.82) is 0 Å². The molecule has 0 aliphatic rings. The van der Waals surface area contributed by atoms with Crippen LogP contribution in [-0.2, 0) is 22.7 Å². The molecule has 0 spiro atoms. The number of aryl methyl sites for hydroxylation is 3. The maximum absolute atomic E-state index is 13.3. The molecule has 0 unspecified atom stereocenters. The second-order valence-electron chi connectivity index (χ2n) is 7.85. The molecule has 0 radical (unpaired) electrons. The van der Waals surface area contributed by atoms with Crippen molar-refractivity contribution < 1.29 is 14.3 Å². The van der Waals surface area contributed by atoms with Gasteiger partial charge in [-0.25, -0.2) is 4.79 Å². The Bertz CT molecular complexity index is 1070. The summed E-state index contributed by atoms with van der Waals surface area (Å²) >= 11 is 0. The fraction of sp³-hybridized carbons (Fsp3) is 0.231. The number of rotatable bonds is 7. The van der Waals surface area contributed by atoms with Crippen LogP contribution >= 0.6 is 0 Å². The average Bonchev–Trinajstić information content (AvgIpc) is 2.77. The molecule has 0 bridgehead atoms. The Kier molecular flexibility index (Phi) is 7.63.